The first-order chi connectivity index (χ1) is 12.3. The van der Waals surface area contributed by atoms with Gasteiger partial charge in [-0.15, -0.1) is 5.10 Å². The summed E-state index contributed by atoms with van der Waals surface area (Å²) in [6, 6.07) is 10.9. The average Bonchev–Trinajstić information content (AvgIpc) is 2.96. The molecule has 0 aliphatic carbocycles. The number of nitrogens with one attached hydrogen (secondary N) is 1. The summed E-state index contributed by atoms with van der Waals surface area (Å²) in [6.45, 7) is 1.65. The largest absolute Gasteiger partial charge is 0.320 e. The van der Waals surface area contributed by atoms with Crippen molar-refractivity contribution in [3.63, 3.8) is 0 Å². The van der Waals surface area contributed by atoms with Crippen LogP contribution in [0, 0.1) is 12.7 Å². The fourth-order valence-corrected chi connectivity index (χ4v) is 3.08. The molecule has 1 heterocycles. The first-order valence-corrected chi connectivity index (χ1v) is 9.43. The van der Waals surface area contributed by atoms with Gasteiger partial charge in [0.15, 0.2) is 5.69 Å². The summed E-state index contributed by atoms with van der Waals surface area (Å²) in [5.74, 6) is -1.18. The van der Waals surface area contributed by atoms with Crippen molar-refractivity contribution in [2.45, 2.75) is 11.8 Å². The van der Waals surface area contributed by atoms with E-state index < -0.39 is 22.5 Å². The van der Waals surface area contributed by atoms with E-state index in [4.69, 9.17) is 11.6 Å². The van der Waals surface area contributed by atoms with E-state index in [1.165, 1.54) is 23.2 Å². The van der Waals surface area contributed by atoms with Gasteiger partial charge in [0.25, 0.3) is 5.91 Å². The molecule has 1 amide bonds. The molecule has 0 unspecified atom stereocenters. The van der Waals surface area contributed by atoms with Gasteiger partial charge in [0.05, 0.1) is 27.1 Å². The lowest BCUT2D eigenvalue weighted by Gasteiger charge is -2.05. The zero-order valence-electron chi connectivity index (χ0n) is 13.9. The lowest BCUT2D eigenvalue weighted by molar-refractivity contribution is 0.102. The van der Waals surface area contributed by atoms with Crippen LogP contribution in [0.2, 0.25) is 5.02 Å². The van der Waals surface area contributed by atoms with Gasteiger partial charge in [0, 0.05) is 17.0 Å². The highest BCUT2D eigenvalue weighted by atomic mass is 35.5. The Labute approximate surface area is 156 Å². The average molecular weight is 393 g/mol. The lowest BCUT2D eigenvalue weighted by atomic mass is 10.3. The Morgan fingerprint density at radius 1 is 1.23 bits per heavy atom. The monoisotopic (exact) mass is 392 g/mol. The van der Waals surface area contributed by atoms with Gasteiger partial charge >= 0.3 is 0 Å². The molecule has 2 aromatic carbocycles. The summed E-state index contributed by atoms with van der Waals surface area (Å²) in [5.41, 5.74) is 1.36. The number of aromatic nitrogens is 3. The van der Waals surface area contributed by atoms with E-state index in [-0.39, 0.29) is 16.3 Å². The van der Waals surface area contributed by atoms with Gasteiger partial charge < -0.3 is 5.32 Å². The van der Waals surface area contributed by atoms with E-state index in [1.807, 2.05) is 0 Å². The quantitative estimate of drug-likeness (QED) is 0.738. The molecule has 3 aromatic rings. The molecular weight excluding hydrogens is 379 g/mol. The van der Waals surface area contributed by atoms with Crippen molar-refractivity contribution < 1.29 is 13.4 Å². The van der Waals surface area contributed by atoms with Crippen LogP contribution in [0.15, 0.2) is 47.4 Å². The van der Waals surface area contributed by atoms with Crippen molar-refractivity contribution in [1.29, 1.82) is 0 Å². The molecule has 1 atom stereocenters. The molecule has 0 radical (unpaired) electrons. The molecule has 0 aliphatic heterocycles. The van der Waals surface area contributed by atoms with Crippen molar-refractivity contribution in [1.82, 2.24) is 15.0 Å². The van der Waals surface area contributed by atoms with Crippen LogP contribution in [0.5, 0.6) is 0 Å². The third-order valence-electron chi connectivity index (χ3n) is 3.54. The zero-order valence-corrected chi connectivity index (χ0v) is 15.4. The Hall–Kier alpha value is -2.58. The topological polar surface area (TPSA) is 76.9 Å². The standard InChI is InChI=1S/C17H14ClFN4O2S/c1-10-16(22-23(21-10)13-5-3-4-11(18)8-13)17(24)20-12-6-7-15(26(2)25)14(19)9-12/h3-9H,1-2H3,(H,20,24)/t26-/m0/s1. The van der Waals surface area contributed by atoms with Crippen molar-refractivity contribution >= 4 is 34.0 Å². The van der Waals surface area contributed by atoms with E-state index in [0.29, 0.717) is 16.4 Å². The van der Waals surface area contributed by atoms with Crippen LogP contribution >= 0.6 is 11.6 Å². The fourth-order valence-electron chi connectivity index (χ4n) is 2.31. The number of benzene rings is 2. The molecule has 0 fully saturated rings. The summed E-state index contributed by atoms with van der Waals surface area (Å²) < 4.78 is 25.3. The third-order valence-corrected chi connectivity index (χ3v) is 4.72. The summed E-state index contributed by atoms with van der Waals surface area (Å²) in [4.78, 5) is 13.8. The summed E-state index contributed by atoms with van der Waals surface area (Å²) in [7, 11) is -1.45. The normalized spacial score (nSPS) is 12.0. The highest BCUT2D eigenvalue weighted by Crippen LogP contribution is 2.19. The van der Waals surface area contributed by atoms with Crippen molar-refractivity contribution in [2.75, 3.05) is 11.6 Å². The highest BCUT2D eigenvalue weighted by molar-refractivity contribution is 7.84. The molecule has 9 heteroatoms. The van der Waals surface area contributed by atoms with Gasteiger partial charge in [-0.1, -0.05) is 17.7 Å². The highest BCUT2D eigenvalue weighted by Gasteiger charge is 2.17. The van der Waals surface area contributed by atoms with Crippen LogP contribution < -0.4 is 5.32 Å². The molecule has 6 nitrogen and oxygen atoms in total. The lowest BCUT2D eigenvalue weighted by Crippen LogP contribution is -2.14. The summed E-state index contributed by atoms with van der Waals surface area (Å²) in [6.07, 6.45) is 1.38. The molecule has 0 saturated carbocycles. The van der Waals surface area contributed by atoms with Crippen LogP contribution in [-0.4, -0.2) is 31.4 Å². The molecular formula is C17H14ClFN4O2S. The number of aryl methyl sites for hydroxylation is 1. The van der Waals surface area contributed by atoms with E-state index in [1.54, 1.807) is 31.2 Å². The van der Waals surface area contributed by atoms with E-state index in [2.05, 4.69) is 15.5 Å². The number of carbonyl (C=O) groups excluding carboxylic acids is 1. The third kappa shape index (κ3) is 3.81. The van der Waals surface area contributed by atoms with E-state index >= 15 is 0 Å². The smallest absolute Gasteiger partial charge is 0.278 e. The van der Waals surface area contributed by atoms with Crippen LogP contribution in [-0.2, 0) is 10.8 Å². The second-order valence-corrected chi connectivity index (χ2v) is 7.24. The van der Waals surface area contributed by atoms with Gasteiger partial charge in [0.1, 0.15) is 5.82 Å². The molecule has 134 valence electrons. The molecule has 3 rings (SSSR count). The number of anilines is 1. The number of hydrogen-bond acceptors (Lipinski definition) is 4. The minimum atomic E-state index is -1.45. The Balaban J connectivity index is 1.85. The van der Waals surface area contributed by atoms with Crippen LogP contribution in [0.25, 0.3) is 5.69 Å². The van der Waals surface area contributed by atoms with Crippen molar-refractivity contribution in [3.8, 4) is 5.69 Å². The molecule has 0 spiro atoms. The summed E-state index contributed by atoms with van der Waals surface area (Å²) >= 11 is 5.96. The maximum atomic E-state index is 13.9. The number of halogens is 2. The Kier molecular flexibility index (Phi) is 5.15. The van der Waals surface area contributed by atoms with Gasteiger partial charge in [-0.25, -0.2) is 4.39 Å². The van der Waals surface area contributed by atoms with Crippen molar-refractivity contribution in [3.05, 3.63) is 64.7 Å². The number of rotatable bonds is 4. The predicted molar refractivity (Wildman–Crippen MR) is 97.8 cm³/mol. The Bertz CT molecular complexity index is 1020. The number of carbonyl (C=O) groups is 1. The SMILES string of the molecule is Cc1nn(-c2cccc(Cl)c2)nc1C(=O)Nc1ccc([S@](C)=O)c(F)c1. The van der Waals surface area contributed by atoms with Crippen molar-refractivity contribution in [2.24, 2.45) is 0 Å². The zero-order chi connectivity index (χ0) is 18.8. The first-order valence-electron chi connectivity index (χ1n) is 7.49. The molecule has 0 bridgehead atoms. The molecule has 26 heavy (non-hydrogen) atoms. The molecule has 1 N–H and O–H groups in total. The second kappa shape index (κ2) is 7.35. The number of hydrogen-bond donors (Lipinski definition) is 1. The molecule has 0 saturated heterocycles. The Morgan fingerprint density at radius 3 is 2.65 bits per heavy atom. The minimum Gasteiger partial charge on any atom is -0.320 e. The fraction of sp³-hybridized carbons (Fsp3) is 0.118. The van der Waals surface area contributed by atoms with Crippen LogP contribution in [0.4, 0.5) is 10.1 Å². The number of amides is 1. The van der Waals surface area contributed by atoms with Gasteiger partial charge in [-0.05, 0) is 43.3 Å². The van der Waals surface area contributed by atoms with Gasteiger partial charge in [-0.3, -0.25) is 9.00 Å². The molecule has 0 aliphatic rings. The first kappa shape index (κ1) is 18.2. The second-order valence-electron chi connectivity index (χ2n) is 5.46. The predicted octanol–water partition coefficient (Wildman–Crippen LogP) is 3.36. The van der Waals surface area contributed by atoms with Gasteiger partial charge in [-0.2, -0.15) is 9.90 Å². The maximum absolute atomic E-state index is 13.9. The maximum Gasteiger partial charge on any atom is 0.278 e. The van der Waals surface area contributed by atoms with E-state index in [0.717, 1.165) is 6.07 Å². The minimum absolute atomic E-state index is 0.0751. The van der Waals surface area contributed by atoms with E-state index in [9.17, 15) is 13.4 Å². The van der Waals surface area contributed by atoms with Crippen LogP contribution in [0.3, 0.4) is 0 Å². The molecule has 1 aromatic heterocycles. The Morgan fingerprint density at radius 2 is 2.00 bits per heavy atom. The van der Waals surface area contributed by atoms with Crippen LogP contribution in [0.1, 0.15) is 16.2 Å². The summed E-state index contributed by atoms with van der Waals surface area (Å²) in [5, 5.41) is 11.5. The number of nitrogens with zero attached hydrogens (tertiary/aromatic N) is 3. The van der Waals surface area contributed by atoms with Gasteiger partial charge in [0.2, 0.25) is 0 Å².